The number of hydrogen-bond donors (Lipinski definition) is 0. The first-order valence-electron chi connectivity index (χ1n) is 8.78. The topological polar surface area (TPSA) is 57.2 Å². The molecule has 6 nitrogen and oxygen atoms in total. The molecule has 1 aliphatic rings. The van der Waals surface area contributed by atoms with E-state index in [1.165, 1.54) is 0 Å². The first-order chi connectivity index (χ1) is 13.0. The molecule has 1 heterocycles. The summed E-state index contributed by atoms with van der Waals surface area (Å²) in [5.41, 5.74) is 3.00. The Kier molecular flexibility index (Phi) is 5.44. The predicted molar refractivity (Wildman–Crippen MR) is 102 cm³/mol. The Morgan fingerprint density at radius 2 is 1.56 bits per heavy atom. The molecule has 3 rings (SSSR count). The highest BCUT2D eigenvalue weighted by molar-refractivity contribution is 5.75. The molecule has 0 aromatic heterocycles. The van der Waals surface area contributed by atoms with Crippen molar-refractivity contribution in [1.29, 1.82) is 0 Å². The average Bonchev–Trinajstić information content (AvgIpc) is 2.70. The molecule has 0 saturated carbocycles. The normalized spacial score (nSPS) is 15.7. The number of benzene rings is 2. The molecule has 27 heavy (non-hydrogen) atoms. The molecule has 1 amide bonds. The summed E-state index contributed by atoms with van der Waals surface area (Å²) in [6.07, 6.45) is 0.748. The maximum absolute atomic E-state index is 12.4. The van der Waals surface area contributed by atoms with Gasteiger partial charge in [0.05, 0.1) is 34.5 Å². The van der Waals surface area contributed by atoms with Crippen molar-refractivity contribution in [3.63, 3.8) is 0 Å². The lowest BCUT2D eigenvalue weighted by Gasteiger charge is -2.38. The van der Waals surface area contributed by atoms with Crippen LogP contribution in [0.4, 0.5) is 0 Å². The minimum absolute atomic E-state index is 0.00491. The SMILES string of the molecule is COc1ccc(OC)c([C@H]2c3cc(OC)c(OC)cc3CCN2C(C)=O)c1. The monoisotopic (exact) mass is 371 g/mol. The third-order valence-electron chi connectivity index (χ3n) is 5.01. The van der Waals surface area contributed by atoms with E-state index >= 15 is 0 Å². The Bertz CT molecular complexity index is 849. The van der Waals surface area contributed by atoms with Crippen LogP contribution in [0.5, 0.6) is 23.0 Å². The Morgan fingerprint density at radius 1 is 0.889 bits per heavy atom. The van der Waals surface area contributed by atoms with Crippen LogP contribution < -0.4 is 18.9 Å². The van der Waals surface area contributed by atoms with Gasteiger partial charge in [-0.2, -0.15) is 0 Å². The number of rotatable bonds is 5. The molecule has 2 aromatic carbocycles. The smallest absolute Gasteiger partial charge is 0.220 e. The molecule has 1 atom stereocenters. The molecule has 144 valence electrons. The fourth-order valence-corrected chi connectivity index (χ4v) is 3.67. The molecule has 0 aliphatic carbocycles. The zero-order valence-corrected chi connectivity index (χ0v) is 16.4. The number of nitrogens with zero attached hydrogens (tertiary/aromatic N) is 1. The van der Waals surface area contributed by atoms with Crippen LogP contribution >= 0.6 is 0 Å². The van der Waals surface area contributed by atoms with Crippen molar-refractivity contribution in [1.82, 2.24) is 4.90 Å². The fraction of sp³-hybridized carbons (Fsp3) is 0.381. The van der Waals surface area contributed by atoms with Crippen molar-refractivity contribution in [2.75, 3.05) is 35.0 Å². The van der Waals surface area contributed by atoms with Crippen LogP contribution in [0.2, 0.25) is 0 Å². The molecule has 0 unspecified atom stereocenters. The quantitative estimate of drug-likeness (QED) is 0.808. The summed E-state index contributed by atoms with van der Waals surface area (Å²) in [5, 5.41) is 0. The van der Waals surface area contributed by atoms with Gasteiger partial charge in [0.1, 0.15) is 11.5 Å². The molecule has 0 saturated heterocycles. The summed E-state index contributed by atoms with van der Waals surface area (Å²) in [6.45, 7) is 2.20. The zero-order chi connectivity index (χ0) is 19.6. The molecule has 0 spiro atoms. The van der Waals surface area contributed by atoms with Gasteiger partial charge in [0.25, 0.3) is 0 Å². The van der Waals surface area contributed by atoms with Gasteiger partial charge >= 0.3 is 0 Å². The zero-order valence-electron chi connectivity index (χ0n) is 16.4. The second kappa shape index (κ2) is 7.78. The van der Waals surface area contributed by atoms with Crippen LogP contribution in [0.1, 0.15) is 29.7 Å². The summed E-state index contributed by atoms with van der Waals surface area (Å²) in [6, 6.07) is 9.28. The summed E-state index contributed by atoms with van der Waals surface area (Å²) in [5.74, 6) is 2.74. The van der Waals surface area contributed by atoms with Crippen LogP contribution in [0, 0.1) is 0 Å². The minimum Gasteiger partial charge on any atom is -0.497 e. The van der Waals surface area contributed by atoms with Gasteiger partial charge < -0.3 is 23.8 Å². The number of carbonyl (C=O) groups is 1. The molecule has 0 N–H and O–H groups in total. The first kappa shape index (κ1) is 18.9. The van der Waals surface area contributed by atoms with Gasteiger partial charge in [-0.3, -0.25) is 4.79 Å². The van der Waals surface area contributed by atoms with Crippen LogP contribution in [0.25, 0.3) is 0 Å². The molecule has 2 aromatic rings. The van der Waals surface area contributed by atoms with E-state index in [2.05, 4.69) is 0 Å². The van der Waals surface area contributed by atoms with E-state index in [9.17, 15) is 4.79 Å². The molecule has 0 fully saturated rings. The van der Waals surface area contributed by atoms with Gasteiger partial charge in [-0.25, -0.2) is 0 Å². The lowest BCUT2D eigenvalue weighted by atomic mass is 9.87. The van der Waals surface area contributed by atoms with Crippen LogP contribution in [-0.4, -0.2) is 45.8 Å². The van der Waals surface area contributed by atoms with E-state index < -0.39 is 0 Å². The third kappa shape index (κ3) is 3.39. The molecular formula is C21H25NO5. The molecule has 0 bridgehead atoms. The minimum atomic E-state index is -0.295. The van der Waals surface area contributed by atoms with Gasteiger partial charge in [-0.15, -0.1) is 0 Å². The molecule has 1 aliphatic heterocycles. The Hall–Kier alpha value is -2.89. The van der Waals surface area contributed by atoms with E-state index in [1.807, 2.05) is 35.2 Å². The number of carbonyl (C=O) groups excluding carboxylic acids is 1. The van der Waals surface area contributed by atoms with Crippen LogP contribution in [0.15, 0.2) is 30.3 Å². The van der Waals surface area contributed by atoms with Crippen molar-refractivity contribution >= 4 is 5.91 Å². The van der Waals surface area contributed by atoms with Crippen molar-refractivity contribution in [2.24, 2.45) is 0 Å². The van der Waals surface area contributed by atoms with Gasteiger partial charge in [-0.05, 0) is 47.9 Å². The molecular weight excluding hydrogens is 346 g/mol. The standard InChI is InChI=1S/C21H25NO5/c1-13(23)22-9-8-14-10-19(26-4)20(27-5)12-16(14)21(22)17-11-15(24-2)6-7-18(17)25-3/h6-7,10-12,21H,8-9H2,1-5H3/t21-/m1/s1. The Balaban J connectivity index is 2.24. The average molecular weight is 371 g/mol. The molecule has 0 radical (unpaired) electrons. The van der Waals surface area contributed by atoms with Gasteiger partial charge in [0.2, 0.25) is 5.91 Å². The van der Waals surface area contributed by atoms with Gasteiger partial charge in [0, 0.05) is 19.0 Å². The summed E-state index contributed by atoms with van der Waals surface area (Å²) in [7, 11) is 6.48. The van der Waals surface area contributed by atoms with Crippen molar-refractivity contribution in [3.8, 4) is 23.0 Å². The third-order valence-corrected chi connectivity index (χ3v) is 5.01. The Morgan fingerprint density at radius 3 is 2.15 bits per heavy atom. The predicted octanol–water partition coefficient (Wildman–Crippen LogP) is 3.22. The van der Waals surface area contributed by atoms with E-state index in [0.29, 0.717) is 29.5 Å². The van der Waals surface area contributed by atoms with Gasteiger partial charge in [0.15, 0.2) is 11.5 Å². The fourth-order valence-electron chi connectivity index (χ4n) is 3.67. The number of hydrogen-bond acceptors (Lipinski definition) is 5. The van der Waals surface area contributed by atoms with E-state index in [1.54, 1.807) is 35.4 Å². The van der Waals surface area contributed by atoms with Gasteiger partial charge in [-0.1, -0.05) is 0 Å². The van der Waals surface area contributed by atoms with Crippen molar-refractivity contribution in [3.05, 3.63) is 47.0 Å². The number of ether oxygens (including phenoxy) is 4. The van der Waals surface area contributed by atoms with Crippen LogP contribution in [-0.2, 0) is 11.2 Å². The second-order valence-corrected chi connectivity index (χ2v) is 6.38. The summed E-state index contributed by atoms with van der Waals surface area (Å²) in [4.78, 5) is 14.3. The summed E-state index contributed by atoms with van der Waals surface area (Å²) >= 11 is 0. The number of fused-ring (bicyclic) bond motifs is 1. The lowest BCUT2D eigenvalue weighted by Crippen LogP contribution is -2.39. The van der Waals surface area contributed by atoms with E-state index in [0.717, 1.165) is 23.1 Å². The first-order valence-corrected chi connectivity index (χ1v) is 8.78. The second-order valence-electron chi connectivity index (χ2n) is 6.38. The largest absolute Gasteiger partial charge is 0.497 e. The maximum atomic E-state index is 12.4. The van der Waals surface area contributed by atoms with Crippen LogP contribution in [0.3, 0.4) is 0 Å². The Labute approximate surface area is 159 Å². The highest BCUT2D eigenvalue weighted by Crippen LogP contribution is 2.44. The van der Waals surface area contributed by atoms with E-state index in [4.69, 9.17) is 18.9 Å². The highest BCUT2D eigenvalue weighted by atomic mass is 16.5. The van der Waals surface area contributed by atoms with E-state index in [-0.39, 0.29) is 11.9 Å². The van der Waals surface area contributed by atoms with Crippen molar-refractivity contribution in [2.45, 2.75) is 19.4 Å². The summed E-state index contributed by atoms with van der Waals surface area (Å²) < 4.78 is 21.9. The molecule has 6 heteroatoms. The van der Waals surface area contributed by atoms with Crippen molar-refractivity contribution < 1.29 is 23.7 Å². The number of amides is 1. The maximum Gasteiger partial charge on any atom is 0.220 e. The highest BCUT2D eigenvalue weighted by Gasteiger charge is 2.34. The lowest BCUT2D eigenvalue weighted by molar-refractivity contribution is -0.130. The number of methoxy groups -OCH3 is 4.